The number of methoxy groups -OCH3 is 1. The van der Waals surface area contributed by atoms with Crippen molar-refractivity contribution in [1.82, 2.24) is 9.13 Å². The van der Waals surface area contributed by atoms with Crippen molar-refractivity contribution < 1.29 is 9.53 Å². The molecule has 0 atom stereocenters. The average Bonchev–Trinajstić information content (AvgIpc) is 2.66. The molecule has 0 fully saturated rings. The predicted molar refractivity (Wildman–Crippen MR) is 99.7 cm³/mol. The summed E-state index contributed by atoms with van der Waals surface area (Å²) in [6.07, 6.45) is 0.994. The number of nitrogens with one attached hydrogen (secondary N) is 1. The van der Waals surface area contributed by atoms with Crippen molar-refractivity contribution in [2.45, 2.75) is 6.54 Å². The second-order valence-corrected chi connectivity index (χ2v) is 5.48. The fourth-order valence-corrected chi connectivity index (χ4v) is 2.34. The third-order valence-electron chi connectivity index (χ3n) is 3.45. The second-order valence-electron chi connectivity index (χ2n) is 5.13. The van der Waals surface area contributed by atoms with Crippen molar-refractivity contribution in [2.75, 3.05) is 12.4 Å². The molecule has 1 aromatic carbocycles. The molecule has 0 radical (unpaired) electrons. The van der Waals surface area contributed by atoms with E-state index in [4.69, 9.17) is 16.3 Å². The number of ether oxygens (including phenoxy) is 1. The van der Waals surface area contributed by atoms with Crippen LogP contribution in [-0.2, 0) is 18.4 Å². The molecular weight excluding hydrogens is 358 g/mol. The molecule has 0 bridgehead atoms. The molecule has 0 aliphatic rings. The van der Waals surface area contributed by atoms with E-state index in [0.717, 1.165) is 15.2 Å². The third-order valence-corrected chi connectivity index (χ3v) is 3.85. The molecule has 0 unspecified atom stereocenters. The number of benzene rings is 1. The highest BCUT2D eigenvalue weighted by atomic mass is 35.5. The SMILES string of the molecule is C=CC(=O)Nc1c(Cl)n(CC#Cc2cccc(OC)c2)c(=O)n(C)c1=O. The number of rotatable bonds is 4. The smallest absolute Gasteiger partial charge is 0.332 e. The maximum Gasteiger partial charge on any atom is 0.332 e. The molecule has 1 amide bonds. The van der Waals surface area contributed by atoms with Crippen molar-refractivity contribution >= 4 is 23.2 Å². The molecular formula is C18H16ClN3O4. The standard InChI is InChI=1S/C18H16ClN3O4/c1-4-14(23)20-15-16(19)22(18(25)21(2)17(15)24)10-6-8-12-7-5-9-13(11-12)26-3/h4-5,7,9,11H,1,10H2,2-3H3,(H,20,23). The Bertz CT molecular complexity index is 1040. The summed E-state index contributed by atoms with van der Waals surface area (Å²) in [6.45, 7) is 3.24. The molecule has 7 nitrogen and oxygen atoms in total. The Morgan fingerprint density at radius 2 is 2.15 bits per heavy atom. The van der Waals surface area contributed by atoms with Gasteiger partial charge in [0.25, 0.3) is 5.56 Å². The van der Waals surface area contributed by atoms with E-state index >= 15 is 0 Å². The van der Waals surface area contributed by atoms with Gasteiger partial charge < -0.3 is 10.1 Å². The van der Waals surface area contributed by atoms with Crippen molar-refractivity contribution in [2.24, 2.45) is 7.05 Å². The zero-order chi connectivity index (χ0) is 19.3. The number of carbonyl (C=O) groups is 1. The number of aromatic nitrogens is 2. The van der Waals surface area contributed by atoms with Gasteiger partial charge in [-0.3, -0.25) is 18.7 Å². The van der Waals surface area contributed by atoms with Crippen LogP contribution in [0.1, 0.15) is 5.56 Å². The summed E-state index contributed by atoms with van der Waals surface area (Å²) in [7, 11) is 2.84. The molecule has 8 heteroatoms. The van der Waals surface area contributed by atoms with Gasteiger partial charge in [0.2, 0.25) is 5.91 Å². The summed E-state index contributed by atoms with van der Waals surface area (Å²) in [5, 5.41) is 2.11. The highest BCUT2D eigenvalue weighted by molar-refractivity contribution is 6.32. The molecule has 2 aromatic rings. The molecule has 0 aliphatic heterocycles. The summed E-state index contributed by atoms with van der Waals surface area (Å²) in [6, 6.07) is 7.11. The van der Waals surface area contributed by atoms with Gasteiger partial charge in [-0.25, -0.2) is 4.79 Å². The Hall–Kier alpha value is -3.24. The van der Waals surface area contributed by atoms with Gasteiger partial charge in [-0.05, 0) is 24.3 Å². The highest BCUT2D eigenvalue weighted by Crippen LogP contribution is 2.15. The van der Waals surface area contributed by atoms with Crippen LogP contribution >= 0.6 is 11.6 Å². The third kappa shape index (κ3) is 4.05. The molecule has 1 N–H and O–H groups in total. The van der Waals surface area contributed by atoms with E-state index in [0.29, 0.717) is 11.3 Å². The quantitative estimate of drug-likeness (QED) is 0.498. The molecule has 1 heterocycles. The highest BCUT2D eigenvalue weighted by Gasteiger charge is 2.16. The number of hydrogen-bond acceptors (Lipinski definition) is 4. The predicted octanol–water partition coefficient (Wildman–Crippen LogP) is 1.39. The van der Waals surface area contributed by atoms with E-state index in [1.54, 1.807) is 31.4 Å². The first-order valence-electron chi connectivity index (χ1n) is 7.44. The van der Waals surface area contributed by atoms with E-state index in [1.807, 2.05) is 0 Å². The maximum atomic E-state index is 12.3. The lowest BCUT2D eigenvalue weighted by Gasteiger charge is -2.11. The molecule has 0 spiro atoms. The Labute approximate surface area is 154 Å². The van der Waals surface area contributed by atoms with Crippen molar-refractivity contribution in [1.29, 1.82) is 0 Å². The van der Waals surface area contributed by atoms with Crippen LogP contribution in [0.4, 0.5) is 5.69 Å². The van der Waals surface area contributed by atoms with Gasteiger partial charge in [-0.2, -0.15) is 0 Å². The van der Waals surface area contributed by atoms with Crippen LogP contribution < -0.4 is 21.3 Å². The molecule has 134 valence electrons. The number of hydrogen-bond donors (Lipinski definition) is 1. The maximum absolute atomic E-state index is 12.3. The van der Waals surface area contributed by atoms with Crippen molar-refractivity contribution in [3.8, 4) is 17.6 Å². The largest absolute Gasteiger partial charge is 0.497 e. The second kappa shape index (κ2) is 8.23. The van der Waals surface area contributed by atoms with Crippen LogP contribution in [0.25, 0.3) is 0 Å². The van der Waals surface area contributed by atoms with Gasteiger partial charge >= 0.3 is 5.69 Å². The Kier molecular flexibility index (Phi) is 6.04. The summed E-state index contributed by atoms with van der Waals surface area (Å²) >= 11 is 6.13. The normalized spacial score (nSPS) is 9.81. The lowest BCUT2D eigenvalue weighted by Crippen LogP contribution is -2.40. The fourth-order valence-electron chi connectivity index (χ4n) is 2.08. The van der Waals surface area contributed by atoms with Gasteiger partial charge in [-0.15, -0.1) is 0 Å². The zero-order valence-electron chi connectivity index (χ0n) is 14.2. The number of anilines is 1. The van der Waals surface area contributed by atoms with Crippen LogP contribution in [0.5, 0.6) is 5.75 Å². The first-order valence-corrected chi connectivity index (χ1v) is 7.82. The summed E-state index contributed by atoms with van der Waals surface area (Å²) in [5.41, 5.74) is -0.871. The van der Waals surface area contributed by atoms with Gasteiger partial charge in [0, 0.05) is 12.6 Å². The van der Waals surface area contributed by atoms with Crippen molar-refractivity contribution in [3.05, 3.63) is 68.5 Å². The van der Waals surface area contributed by atoms with E-state index in [2.05, 4.69) is 23.7 Å². The summed E-state index contributed by atoms with van der Waals surface area (Å²) in [5.74, 6) is 5.75. The van der Waals surface area contributed by atoms with Gasteiger partial charge in [0.15, 0.2) is 0 Å². The van der Waals surface area contributed by atoms with Crippen LogP contribution in [0.2, 0.25) is 5.15 Å². The van der Waals surface area contributed by atoms with Gasteiger partial charge in [0.05, 0.1) is 13.7 Å². The van der Waals surface area contributed by atoms with Crippen LogP contribution in [0.15, 0.2) is 46.5 Å². The number of amides is 1. The monoisotopic (exact) mass is 373 g/mol. The molecule has 2 rings (SSSR count). The molecule has 0 saturated carbocycles. The van der Waals surface area contributed by atoms with Crippen LogP contribution in [0, 0.1) is 11.8 Å². The lowest BCUT2D eigenvalue weighted by molar-refractivity contribution is -0.111. The average molecular weight is 374 g/mol. The minimum atomic E-state index is -0.716. The van der Waals surface area contributed by atoms with Crippen LogP contribution in [0.3, 0.4) is 0 Å². The molecule has 0 aliphatic carbocycles. The summed E-state index contributed by atoms with van der Waals surface area (Å²) in [4.78, 5) is 35.9. The number of halogens is 1. The van der Waals surface area contributed by atoms with E-state index in [-0.39, 0.29) is 17.4 Å². The first-order chi connectivity index (χ1) is 12.4. The Morgan fingerprint density at radius 1 is 1.42 bits per heavy atom. The van der Waals surface area contributed by atoms with Gasteiger partial charge in [-0.1, -0.05) is 36.1 Å². The topological polar surface area (TPSA) is 82.3 Å². The van der Waals surface area contributed by atoms with E-state index in [1.165, 1.54) is 7.05 Å². The molecule has 26 heavy (non-hydrogen) atoms. The lowest BCUT2D eigenvalue weighted by atomic mass is 10.2. The Balaban J connectivity index is 2.42. The summed E-state index contributed by atoms with van der Waals surface area (Å²) < 4.78 is 7.06. The Morgan fingerprint density at radius 3 is 2.81 bits per heavy atom. The first kappa shape index (κ1) is 19.1. The zero-order valence-corrected chi connectivity index (χ0v) is 15.0. The number of carbonyl (C=O) groups excluding carboxylic acids is 1. The van der Waals surface area contributed by atoms with E-state index in [9.17, 15) is 14.4 Å². The van der Waals surface area contributed by atoms with Gasteiger partial charge in [0.1, 0.15) is 16.6 Å². The minimum absolute atomic E-state index is 0.0695. The van der Waals surface area contributed by atoms with E-state index < -0.39 is 17.2 Å². The molecule has 1 aromatic heterocycles. The fraction of sp³-hybridized carbons (Fsp3) is 0.167. The minimum Gasteiger partial charge on any atom is -0.497 e. The molecule has 0 saturated heterocycles. The van der Waals surface area contributed by atoms with Crippen LogP contribution in [-0.4, -0.2) is 22.2 Å². The van der Waals surface area contributed by atoms with Crippen molar-refractivity contribution in [3.63, 3.8) is 0 Å². The number of nitrogens with zero attached hydrogens (tertiary/aromatic N) is 2.